The van der Waals surface area contributed by atoms with Gasteiger partial charge in [0.15, 0.2) is 0 Å². The van der Waals surface area contributed by atoms with Crippen molar-refractivity contribution < 1.29 is 13.2 Å². The summed E-state index contributed by atoms with van der Waals surface area (Å²) in [4.78, 5) is 0. The Hall–Kier alpha value is 0.200. The summed E-state index contributed by atoms with van der Waals surface area (Å²) in [5.41, 5.74) is 0. The zero-order valence-corrected chi connectivity index (χ0v) is 8.57. The van der Waals surface area contributed by atoms with Crippen LogP contribution in [-0.2, 0) is 13.8 Å². The van der Waals surface area contributed by atoms with Gasteiger partial charge in [-0.25, -0.2) is 8.42 Å². The molecule has 0 aromatic rings. The molecule has 0 aromatic carbocycles. The maximum absolute atomic E-state index is 10.6. The van der Waals surface area contributed by atoms with Crippen LogP contribution >= 0.6 is 10.7 Å². The molecule has 12 heavy (non-hydrogen) atoms. The molecule has 3 nitrogen and oxygen atoms in total. The maximum Gasteiger partial charge on any atom is 0.232 e. The molecule has 5 heteroatoms. The van der Waals surface area contributed by atoms with Gasteiger partial charge >= 0.3 is 0 Å². The fraction of sp³-hybridized carbons (Fsp3) is 1.00. The normalized spacial score (nSPS) is 30.8. The summed E-state index contributed by atoms with van der Waals surface area (Å²) < 4.78 is 26.5. The van der Waals surface area contributed by atoms with Crippen molar-refractivity contribution in [2.45, 2.75) is 25.9 Å². The molecule has 0 aliphatic carbocycles. The molecule has 0 bridgehead atoms. The van der Waals surface area contributed by atoms with Crippen molar-refractivity contribution >= 4 is 19.7 Å². The van der Waals surface area contributed by atoms with Crippen LogP contribution in [0.2, 0.25) is 0 Å². The van der Waals surface area contributed by atoms with Gasteiger partial charge in [0.2, 0.25) is 9.05 Å². The van der Waals surface area contributed by atoms with E-state index in [1.54, 1.807) is 0 Å². The molecule has 1 heterocycles. The lowest BCUT2D eigenvalue weighted by Crippen LogP contribution is -2.14. The van der Waals surface area contributed by atoms with Gasteiger partial charge in [0.05, 0.1) is 11.9 Å². The second-order valence-electron chi connectivity index (χ2n) is 3.16. The third-order valence-electron chi connectivity index (χ3n) is 2.27. The Labute approximate surface area is 77.5 Å². The van der Waals surface area contributed by atoms with E-state index in [1.165, 1.54) is 0 Å². The standard InChI is InChI=1S/C7H13ClO3S/c1-6-7(2-4-11-6)3-5-12(8,9)10/h6-7H,2-5H2,1H3. The molecule has 0 N–H and O–H groups in total. The molecule has 2 unspecified atom stereocenters. The smallest absolute Gasteiger partial charge is 0.232 e. The van der Waals surface area contributed by atoms with Crippen LogP contribution in [0.5, 0.6) is 0 Å². The first-order chi connectivity index (χ1) is 5.49. The van der Waals surface area contributed by atoms with Gasteiger partial charge < -0.3 is 4.74 Å². The van der Waals surface area contributed by atoms with E-state index in [-0.39, 0.29) is 11.9 Å². The summed E-state index contributed by atoms with van der Waals surface area (Å²) in [6, 6.07) is 0. The number of hydrogen-bond acceptors (Lipinski definition) is 3. The number of halogens is 1. The SMILES string of the molecule is CC1OCCC1CCS(=O)(=O)Cl. The lowest BCUT2D eigenvalue weighted by molar-refractivity contribution is 0.105. The van der Waals surface area contributed by atoms with Gasteiger partial charge in [-0.1, -0.05) is 0 Å². The zero-order valence-electron chi connectivity index (χ0n) is 6.99. The number of ether oxygens (including phenoxy) is 1. The Balaban J connectivity index is 2.32. The van der Waals surface area contributed by atoms with E-state index in [4.69, 9.17) is 15.4 Å². The largest absolute Gasteiger partial charge is 0.378 e. The van der Waals surface area contributed by atoms with E-state index in [0.717, 1.165) is 13.0 Å². The highest BCUT2D eigenvalue weighted by molar-refractivity contribution is 8.13. The van der Waals surface area contributed by atoms with Crippen molar-refractivity contribution in [3.05, 3.63) is 0 Å². The van der Waals surface area contributed by atoms with Gasteiger partial charge in [0, 0.05) is 17.3 Å². The molecule has 1 fully saturated rings. The summed E-state index contributed by atoms with van der Waals surface area (Å²) in [7, 11) is 1.77. The molecular formula is C7H13ClO3S. The van der Waals surface area contributed by atoms with Crippen molar-refractivity contribution in [2.24, 2.45) is 5.92 Å². The predicted octanol–water partition coefficient (Wildman–Crippen LogP) is 1.37. The quantitative estimate of drug-likeness (QED) is 0.664. The minimum Gasteiger partial charge on any atom is -0.378 e. The first-order valence-electron chi connectivity index (χ1n) is 4.03. The lowest BCUT2D eigenvalue weighted by Gasteiger charge is -2.11. The summed E-state index contributed by atoms with van der Waals surface area (Å²) in [5.74, 6) is 0.422. The highest BCUT2D eigenvalue weighted by Gasteiger charge is 2.25. The minimum absolute atomic E-state index is 0.0624. The van der Waals surface area contributed by atoms with Gasteiger partial charge in [-0.15, -0.1) is 0 Å². The molecule has 0 radical (unpaired) electrons. The second-order valence-corrected chi connectivity index (χ2v) is 6.05. The van der Waals surface area contributed by atoms with Crippen LogP contribution in [0.1, 0.15) is 19.8 Å². The van der Waals surface area contributed by atoms with Gasteiger partial charge in [-0.2, -0.15) is 0 Å². The van der Waals surface area contributed by atoms with Crippen molar-refractivity contribution in [1.29, 1.82) is 0 Å². The first kappa shape index (κ1) is 10.3. The molecule has 0 spiro atoms. The van der Waals surface area contributed by atoms with Crippen LogP contribution in [0.4, 0.5) is 0 Å². The Morgan fingerprint density at radius 1 is 1.58 bits per heavy atom. The molecular weight excluding hydrogens is 200 g/mol. The minimum atomic E-state index is -3.32. The topological polar surface area (TPSA) is 43.4 Å². The van der Waals surface area contributed by atoms with Gasteiger partial charge in [0.1, 0.15) is 0 Å². The summed E-state index contributed by atoms with van der Waals surface area (Å²) in [6.07, 6.45) is 1.75. The van der Waals surface area contributed by atoms with E-state index in [2.05, 4.69) is 0 Å². The second kappa shape index (κ2) is 3.94. The molecule has 72 valence electrons. The zero-order chi connectivity index (χ0) is 9.19. The Morgan fingerprint density at radius 3 is 2.67 bits per heavy atom. The van der Waals surface area contributed by atoms with Crippen LogP contribution in [0, 0.1) is 5.92 Å². The van der Waals surface area contributed by atoms with E-state index in [0.29, 0.717) is 12.3 Å². The van der Waals surface area contributed by atoms with Crippen LogP contribution in [0.25, 0.3) is 0 Å². The number of rotatable bonds is 3. The van der Waals surface area contributed by atoms with Crippen molar-refractivity contribution in [3.63, 3.8) is 0 Å². The molecule has 0 amide bonds. The molecule has 0 aromatic heterocycles. The summed E-state index contributed by atoms with van der Waals surface area (Å²) >= 11 is 0. The van der Waals surface area contributed by atoms with Crippen molar-refractivity contribution in [3.8, 4) is 0 Å². The maximum atomic E-state index is 10.6. The van der Waals surface area contributed by atoms with E-state index in [9.17, 15) is 8.42 Å². The first-order valence-corrected chi connectivity index (χ1v) is 6.51. The van der Waals surface area contributed by atoms with Crippen molar-refractivity contribution in [2.75, 3.05) is 12.4 Å². The van der Waals surface area contributed by atoms with E-state index in [1.807, 2.05) is 6.92 Å². The Morgan fingerprint density at radius 2 is 2.25 bits per heavy atom. The van der Waals surface area contributed by atoms with Crippen LogP contribution in [0.3, 0.4) is 0 Å². The third-order valence-corrected chi connectivity index (χ3v) is 3.45. The molecule has 1 rings (SSSR count). The summed E-state index contributed by atoms with van der Waals surface area (Å²) in [6.45, 7) is 2.71. The van der Waals surface area contributed by atoms with Crippen LogP contribution < -0.4 is 0 Å². The average Bonchev–Trinajstić information content (AvgIpc) is 2.29. The van der Waals surface area contributed by atoms with E-state index >= 15 is 0 Å². The highest BCUT2D eigenvalue weighted by Crippen LogP contribution is 2.24. The fourth-order valence-corrected chi connectivity index (χ4v) is 2.30. The Kier molecular flexibility index (Phi) is 3.37. The number of hydrogen-bond donors (Lipinski definition) is 0. The molecule has 2 atom stereocenters. The molecule has 1 aliphatic heterocycles. The predicted molar refractivity (Wildman–Crippen MR) is 47.8 cm³/mol. The lowest BCUT2D eigenvalue weighted by atomic mass is 10.0. The van der Waals surface area contributed by atoms with Crippen LogP contribution in [0.15, 0.2) is 0 Å². The monoisotopic (exact) mass is 212 g/mol. The highest BCUT2D eigenvalue weighted by atomic mass is 35.7. The van der Waals surface area contributed by atoms with Crippen molar-refractivity contribution in [1.82, 2.24) is 0 Å². The van der Waals surface area contributed by atoms with Gasteiger partial charge in [0.25, 0.3) is 0 Å². The molecule has 1 aliphatic rings. The van der Waals surface area contributed by atoms with Gasteiger partial charge in [-0.3, -0.25) is 0 Å². The van der Waals surface area contributed by atoms with E-state index < -0.39 is 9.05 Å². The van der Waals surface area contributed by atoms with Gasteiger partial charge in [-0.05, 0) is 25.7 Å². The molecule has 0 saturated carbocycles. The van der Waals surface area contributed by atoms with Crippen LogP contribution in [-0.4, -0.2) is 26.9 Å². The summed E-state index contributed by atoms with van der Waals surface area (Å²) in [5, 5.41) is 0. The third kappa shape index (κ3) is 3.29. The fourth-order valence-electron chi connectivity index (χ4n) is 1.45. The molecule has 1 saturated heterocycles. The Bertz CT molecular complexity index is 237. The average molecular weight is 213 g/mol.